The van der Waals surface area contributed by atoms with E-state index in [1.807, 2.05) is 6.92 Å². The standard InChI is InChI=1S/C14H28N2O2/c1-4-12(5-2)13(14(17)18-6-3)16-10-7-8-15-9-11-16/h12-13,15H,4-11H2,1-3H3. The Labute approximate surface area is 111 Å². The first-order chi connectivity index (χ1) is 8.74. The van der Waals surface area contributed by atoms with Gasteiger partial charge in [0.05, 0.1) is 6.61 Å². The number of esters is 1. The molecule has 1 atom stereocenters. The molecule has 0 aromatic carbocycles. The monoisotopic (exact) mass is 256 g/mol. The first-order valence-corrected chi connectivity index (χ1v) is 7.35. The Morgan fingerprint density at radius 3 is 2.56 bits per heavy atom. The lowest BCUT2D eigenvalue weighted by molar-refractivity contribution is -0.152. The number of carbonyl (C=O) groups excluding carboxylic acids is 1. The summed E-state index contributed by atoms with van der Waals surface area (Å²) in [5.74, 6) is 0.371. The summed E-state index contributed by atoms with van der Waals surface area (Å²) in [5, 5.41) is 3.38. The van der Waals surface area contributed by atoms with Crippen LogP contribution in [0.4, 0.5) is 0 Å². The van der Waals surface area contributed by atoms with Gasteiger partial charge >= 0.3 is 5.97 Å². The van der Waals surface area contributed by atoms with Crippen LogP contribution < -0.4 is 5.32 Å². The Bertz CT molecular complexity index is 234. The number of rotatable bonds is 6. The average molecular weight is 256 g/mol. The van der Waals surface area contributed by atoms with Crippen molar-refractivity contribution in [3.63, 3.8) is 0 Å². The Hall–Kier alpha value is -0.610. The maximum atomic E-state index is 12.2. The van der Waals surface area contributed by atoms with Gasteiger partial charge in [-0.1, -0.05) is 26.7 Å². The van der Waals surface area contributed by atoms with Crippen molar-refractivity contribution in [2.24, 2.45) is 5.92 Å². The van der Waals surface area contributed by atoms with Crippen molar-refractivity contribution in [3.05, 3.63) is 0 Å². The van der Waals surface area contributed by atoms with Crippen LogP contribution in [0.3, 0.4) is 0 Å². The quantitative estimate of drug-likeness (QED) is 0.734. The van der Waals surface area contributed by atoms with E-state index in [0.29, 0.717) is 12.5 Å². The maximum Gasteiger partial charge on any atom is 0.323 e. The van der Waals surface area contributed by atoms with Crippen LogP contribution in [0.2, 0.25) is 0 Å². The highest BCUT2D eigenvalue weighted by Gasteiger charge is 2.33. The van der Waals surface area contributed by atoms with Crippen molar-refractivity contribution in [1.82, 2.24) is 10.2 Å². The predicted molar refractivity (Wildman–Crippen MR) is 73.6 cm³/mol. The zero-order valence-corrected chi connectivity index (χ0v) is 12.1. The smallest absolute Gasteiger partial charge is 0.323 e. The summed E-state index contributed by atoms with van der Waals surface area (Å²) in [7, 11) is 0. The molecule has 1 rings (SSSR count). The zero-order valence-electron chi connectivity index (χ0n) is 12.1. The number of ether oxygens (including phenoxy) is 1. The topological polar surface area (TPSA) is 41.6 Å². The van der Waals surface area contributed by atoms with E-state index in [0.717, 1.165) is 45.4 Å². The largest absolute Gasteiger partial charge is 0.465 e. The van der Waals surface area contributed by atoms with Crippen LogP contribution in [0.25, 0.3) is 0 Å². The summed E-state index contributed by atoms with van der Waals surface area (Å²) in [6.45, 7) is 10.6. The molecule has 4 nitrogen and oxygen atoms in total. The number of nitrogens with zero attached hydrogens (tertiary/aromatic N) is 1. The molecule has 4 heteroatoms. The summed E-state index contributed by atoms with van der Waals surface area (Å²) in [5.41, 5.74) is 0. The molecule has 1 unspecified atom stereocenters. The molecule has 0 bridgehead atoms. The lowest BCUT2D eigenvalue weighted by Gasteiger charge is -2.33. The number of nitrogens with one attached hydrogen (secondary N) is 1. The second-order valence-electron chi connectivity index (χ2n) is 4.91. The van der Waals surface area contributed by atoms with E-state index in [1.54, 1.807) is 0 Å². The molecule has 1 heterocycles. The molecule has 18 heavy (non-hydrogen) atoms. The Morgan fingerprint density at radius 1 is 1.22 bits per heavy atom. The van der Waals surface area contributed by atoms with Crippen molar-refractivity contribution >= 4 is 5.97 Å². The second kappa shape index (κ2) is 8.48. The van der Waals surface area contributed by atoms with Crippen LogP contribution >= 0.6 is 0 Å². The van der Waals surface area contributed by atoms with E-state index in [1.165, 1.54) is 0 Å². The molecule has 0 aromatic rings. The minimum absolute atomic E-state index is 0.0342. The van der Waals surface area contributed by atoms with Gasteiger partial charge in [0.15, 0.2) is 0 Å². The Morgan fingerprint density at radius 2 is 1.94 bits per heavy atom. The third-order valence-electron chi connectivity index (χ3n) is 3.79. The highest BCUT2D eigenvalue weighted by molar-refractivity contribution is 5.76. The molecule has 1 aliphatic heterocycles. The molecule has 1 N–H and O–H groups in total. The fourth-order valence-corrected chi connectivity index (χ4v) is 2.75. The van der Waals surface area contributed by atoms with E-state index < -0.39 is 0 Å². The average Bonchev–Trinajstić information content (AvgIpc) is 2.64. The first kappa shape index (κ1) is 15.4. The van der Waals surface area contributed by atoms with Crippen molar-refractivity contribution in [3.8, 4) is 0 Å². The molecule has 106 valence electrons. The van der Waals surface area contributed by atoms with E-state index in [2.05, 4.69) is 24.1 Å². The van der Waals surface area contributed by atoms with Crippen LogP contribution in [0.1, 0.15) is 40.0 Å². The van der Waals surface area contributed by atoms with Gasteiger partial charge in [-0.05, 0) is 25.8 Å². The van der Waals surface area contributed by atoms with E-state index in [-0.39, 0.29) is 12.0 Å². The molecule has 1 aliphatic rings. The third kappa shape index (κ3) is 4.25. The summed E-state index contributed by atoms with van der Waals surface area (Å²) < 4.78 is 5.28. The third-order valence-corrected chi connectivity index (χ3v) is 3.79. The van der Waals surface area contributed by atoms with Crippen molar-refractivity contribution < 1.29 is 9.53 Å². The van der Waals surface area contributed by atoms with Gasteiger partial charge in [-0.2, -0.15) is 0 Å². The number of carbonyl (C=O) groups is 1. The van der Waals surface area contributed by atoms with Gasteiger partial charge in [-0.15, -0.1) is 0 Å². The summed E-state index contributed by atoms with van der Waals surface area (Å²) in [4.78, 5) is 14.5. The van der Waals surface area contributed by atoms with Gasteiger partial charge in [0, 0.05) is 19.6 Å². The Balaban J connectivity index is 2.76. The fourth-order valence-electron chi connectivity index (χ4n) is 2.75. The van der Waals surface area contributed by atoms with Crippen molar-refractivity contribution in [2.45, 2.75) is 46.1 Å². The van der Waals surface area contributed by atoms with Crippen LogP contribution in [0.15, 0.2) is 0 Å². The molecule has 0 saturated carbocycles. The van der Waals surface area contributed by atoms with Gasteiger partial charge in [0.2, 0.25) is 0 Å². The SMILES string of the molecule is CCOC(=O)C(C(CC)CC)N1CCCNCC1. The minimum Gasteiger partial charge on any atom is -0.465 e. The normalized spacial score (nSPS) is 19.6. The van der Waals surface area contributed by atoms with Crippen molar-refractivity contribution in [1.29, 1.82) is 0 Å². The molecule has 1 saturated heterocycles. The molecule has 0 spiro atoms. The number of hydrogen-bond donors (Lipinski definition) is 1. The molecular formula is C14H28N2O2. The first-order valence-electron chi connectivity index (χ1n) is 7.35. The van der Waals surface area contributed by atoms with Crippen LogP contribution in [-0.4, -0.2) is 49.7 Å². The fraction of sp³-hybridized carbons (Fsp3) is 0.929. The van der Waals surface area contributed by atoms with E-state index in [9.17, 15) is 4.79 Å². The summed E-state index contributed by atoms with van der Waals surface area (Å²) >= 11 is 0. The van der Waals surface area contributed by atoms with Gasteiger partial charge in [0.1, 0.15) is 6.04 Å². The lowest BCUT2D eigenvalue weighted by atomic mass is 9.92. The van der Waals surface area contributed by atoms with Crippen LogP contribution in [0.5, 0.6) is 0 Å². The number of hydrogen-bond acceptors (Lipinski definition) is 4. The maximum absolute atomic E-state index is 12.2. The Kier molecular flexibility index (Phi) is 7.28. The van der Waals surface area contributed by atoms with Crippen LogP contribution in [0, 0.1) is 5.92 Å². The summed E-state index contributed by atoms with van der Waals surface area (Å²) in [6, 6.07) is -0.0557. The van der Waals surface area contributed by atoms with Gasteiger partial charge in [0.25, 0.3) is 0 Å². The molecule has 0 aromatic heterocycles. The minimum atomic E-state index is -0.0557. The highest BCUT2D eigenvalue weighted by atomic mass is 16.5. The van der Waals surface area contributed by atoms with Gasteiger partial charge < -0.3 is 10.1 Å². The second-order valence-corrected chi connectivity index (χ2v) is 4.91. The predicted octanol–water partition coefficient (Wildman–Crippen LogP) is 1.65. The lowest BCUT2D eigenvalue weighted by Crippen LogP contribution is -2.48. The highest BCUT2D eigenvalue weighted by Crippen LogP contribution is 2.21. The molecule has 0 amide bonds. The molecule has 1 fully saturated rings. The van der Waals surface area contributed by atoms with Crippen LogP contribution in [-0.2, 0) is 9.53 Å². The molecule has 0 radical (unpaired) electrons. The molecular weight excluding hydrogens is 228 g/mol. The van der Waals surface area contributed by atoms with Crippen molar-refractivity contribution in [2.75, 3.05) is 32.8 Å². The van der Waals surface area contributed by atoms with E-state index >= 15 is 0 Å². The summed E-state index contributed by atoms with van der Waals surface area (Å²) in [6.07, 6.45) is 3.17. The zero-order chi connectivity index (χ0) is 13.4. The van der Waals surface area contributed by atoms with E-state index in [4.69, 9.17) is 4.74 Å². The van der Waals surface area contributed by atoms with Gasteiger partial charge in [-0.3, -0.25) is 9.69 Å². The molecule has 0 aliphatic carbocycles. The van der Waals surface area contributed by atoms with Gasteiger partial charge in [-0.25, -0.2) is 0 Å².